The average Bonchev–Trinajstić information content (AvgIpc) is 3.50. The van der Waals surface area contributed by atoms with Crippen LogP contribution >= 0.6 is 0 Å². The molecule has 0 saturated heterocycles. The van der Waals surface area contributed by atoms with Gasteiger partial charge in [0, 0.05) is 0 Å². The summed E-state index contributed by atoms with van der Waals surface area (Å²) in [6.45, 7) is 0. The van der Waals surface area contributed by atoms with Gasteiger partial charge in [-0.2, -0.15) is 66.7 Å². The van der Waals surface area contributed by atoms with E-state index in [4.69, 9.17) is 0 Å². The molecule has 0 unspecified atom stereocenters. The van der Waals surface area contributed by atoms with Crippen LogP contribution in [0.3, 0.4) is 0 Å². The topological polar surface area (TPSA) is 12.4 Å². The minimum Gasteiger partial charge on any atom is -0.335 e. The molecular weight excluding hydrogens is 426 g/mol. The molecule has 3 heteroatoms. The summed E-state index contributed by atoms with van der Waals surface area (Å²) in [6.07, 6.45) is 14.4. The number of rotatable bonds is 1. The molecule has 2 aliphatic rings. The third kappa shape index (κ3) is 7.68. The number of hydrogen-bond donors (Lipinski definition) is 0. The molecule has 1 nitrogen and oxygen atoms in total. The van der Waals surface area contributed by atoms with Crippen molar-refractivity contribution in [1.29, 1.82) is 0 Å². The van der Waals surface area contributed by atoms with Crippen molar-refractivity contribution < 1.29 is 34.1 Å². The van der Waals surface area contributed by atoms with Crippen LogP contribution < -0.4 is 0 Å². The maximum atomic E-state index is 4.66. The molecule has 0 spiro atoms. The Morgan fingerprint density at radius 1 is 0.679 bits per heavy atom. The maximum absolute atomic E-state index is 4.66. The molecule has 1 heterocycles. The molecule has 0 fully saturated rings. The molecule has 3 aromatic rings. The van der Waals surface area contributed by atoms with E-state index < -0.39 is 0 Å². The predicted octanol–water partition coefficient (Wildman–Crippen LogP) is 6.15. The second-order valence-corrected chi connectivity index (χ2v) is 5.68. The first-order valence-corrected chi connectivity index (χ1v) is 8.68. The molecule has 142 valence electrons. The minimum absolute atomic E-state index is 0. The predicted molar refractivity (Wildman–Crippen MR) is 111 cm³/mol. The van der Waals surface area contributed by atoms with Crippen molar-refractivity contribution in [3.05, 3.63) is 145 Å². The van der Waals surface area contributed by atoms with Crippen molar-refractivity contribution >= 4 is 5.71 Å². The summed E-state index contributed by atoms with van der Waals surface area (Å²) in [6, 6.07) is 28.2. The quantitative estimate of drug-likeness (QED) is 0.313. The standard InChI is InChI=1S/C15H11N.2C5H5.2Fe/c1-2-7-12(6-1)14-10-5-11-15(16-14)13-8-3-4-9-13;2*1-2-4-5-3-1;;/h1-11H;2*1-5H;;/q-2;2*-1;2*+2. The molecule has 28 heavy (non-hydrogen) atoms. The van der Waals surface area contributed by atoms with E-state index in [-0.39, 0.29) is 34.1 Å². The van der Waals surface area contributed by atoms with E-state index in [1.54, 1.807) is 0 Å². The third-order valence-electron chi connectivity index (χ3n) is 3.78. The Labute approximate surface area is 188 Å². The van der Waals surface area contributed by atoms with Crippen LogP contribution in [0.1, 0.15) is 5.56 Å². The monoisotopic (exact) mass is 447 g/mol. The Kier molecular flexibility index (Phi) is 11.6. The smallest absolute Gasteiger partial charge is 0.335 e. The summed E-state index contributed by atoms with van der Waals surface area (Å²) >= 11 is 0. The van der Waals surface area contributed by atoms with Crippen LogP contribution in [0.2, 0.25) is 0 Å². The van der Waals surface area contributed by atoms with Gasteiger partial charge in [-0.1, -0.05) is 23.4 Å². The van der Waals surface area contributed by atoms with Crippen molar-refractivity contribution in [2.45, 2.75) is 0 Å². The van der Waals surface area contributed by atoms with E-state index in [9.17, 15) is 0 Å². The van der Waals surface area contributed by atoms with E-state index in [1.165, 1.54) is 11.1 Å². The summed E-state index contributed by atoms with van der Waals surface area (Å²) in [5, 5.41) is 0. The van der Waals surface area contributed by atoms with Gasteiger partial charge in [-0.3, -0.25) is 0 Å². The average molecular weight is 447 g/mol. The summed E-state index contributed by atoms with van der Waals surface area (Å²) in [4.78, 5) is 4.66. The summed E-state index contributed by atoms with van der Waals surface area (Å²) in [5.41, 5.74) is 4.41. The zero-order valence-electron chi connectivity index (χ0n) is 15.3. The van der Waals surface area contributed by atoms with Gasteiger partial charge in [-0.15, -0.1) is 30.2 Å². The van der Waals surface area contributed by atoms with E-state index in [0.717, 1.165) is 11.4 Å². The zero-order chi connectivity index (χ0) is 17.9. The molecule has 0 amide bonds. The molecule has 0 atom stereocenters. The first-order valence-electron chi connectivity index (χ1n) is 8.68. The molecule has 1 aliphatic carbocycles. The minimum atomic E-state index is 0. The number of dihydropyridines is 1. The van der Waals surface area contributed by atoms with E-state index >= 15 is 0 Å². The van der Waals surface area contributed by atoms with Crippen molar-refractivity contribution in [3.8, 4) is 0 Å². The van der Waals surface area contributed by atoms with E-state index in [1.807, 2.05) is 97.4 Å². The Morgan fingerprint density at radius 2 is 1.29 bits per heavy atom. The summed E-state index contributed by atoms with van der Waals surface area (Å²) in [5.74, 6) is 0. The second kappa shape index (κ2) is 13.7. The second-order valence-electron chi connectivity index (χ2n) is 5.68. The molecule has 1 aliphatic heterocycles. The fourth-order valence-electron chi connectivity index (χ4n) is 2.49. The maximum Gasteiger partial charge on any atom is 2.00 e. The molecule has 0 saturated carbocycles. The van der Waals surface area contributed by atoms with Gasteiger partial charge in [0.15, 0.2) is 0 Å². The molecule has 0 radical (unpaired) electrons. The van der Waals surface area contributed by atoms with Crippen LogP contribution in [0, 0.1) is 6.42 Å². The molecular formula is C25H21Fe2N. The summed E-state index contributed by atoms with van der Waals surface area (Å²) < 4.78 is 0. The number of nitrogens with zero attached hydrogens (tertiary/aromatic N) is 1. The molecule has 0 aromatic heterocycles. The first-order chi connectivity index (χ1) is 12.9. The van der Waals surface area contributed by atoms with Crippen LogP contribution in [-0.2, 0) is 34.1 Å². The largest absolute Gasteiger partial charge is 2.00 e. The van der Waals surface area contributed by atoms with Gasteiger partial charge in [-0.25, -0.2) is 24.3 Å². The Morgan fingerprint density at radius 3 is 1.75 bits per heavy atom. The van der Waals surface area contributed by atoms with Gasteiger partial charge in [0.05, 0.1) is 0 Å². The van der Waals surface area contributed by atoms with Crippen LogP contribution in [0.15, 0.2) is 138 Å². The van der Waals surface area contributed by atoms with Crippen molar-refractivity contribution in [3.63, 3.8) is 0 Å². The molecule has 5 rings (SSSR count). The normalized spacial score (nSPS) is 13.1. The fraction of sp³-hybridized carbons (Fsp3) is 0. The first kappa shape index (κ1) is 23.6. The SMILES string of the molecule is C1=CC(=C2[CH-]C=CC(c3ccc[cH-]3)=N2)C=C1.[Fe+2].[Fe+2].c1cc[cH-]c1.c1cc[cH-]c1. The van der Waals surface area contributed by atoms with Crippen LogP contribution in [0.5, 0.6) is 0 Å². The Bertz CT molecular complexity index is 813. The molecule has 0 N–H and O–H groups in total. The van der Waals surface area contributed by atoms with Gasteiger partial charge in [0.2, 0.25) is 0 Å². The molecule has 3 aromatic carbocycles. The van der Waals surface area contributed by atoms with Crippen molar-refractivity contribution in [1.82, 2.24) is 0 Å². The van der Waals surface area contributed by atoms with E-state index in [2.05, 4.69) is 35.4 Å². The number of aliphatic imine (C=N–C) groups is 1. The Hall–Kier alpha value is -2.41. The van der Waals surface area contributed by atoms with Crippen LogP contribution in [-0.4, -0.2) is 5.71 Å². The third-order valence-corrected chi connectivity index (χ3v) is 3.78. The zero-order valence-corrected chi connectivity index (χ0v) is 17.5. The van der Waals surface area contributed by atoms with Gasteiger partial charge < -0.3 is 4.99 Å². The van der Waals surface area contributed by atoms with Gasteiger partial charge in [0.1, 0.15) is 0 Å². The summed E-state index contributed by atoms with van der Waals surface area (Å²) in [7, 11) is 0. The van der Waals surface area contributed by atoms with Crippen LogP contribution in [0.25, 0.3) is 0 Å². The fourth-order valence-corrected chi connectivity index (χ4v) is 2.49. The van der Waals surface area contributed by atoms with Gasteiger partial charge >= 0.3 is 34.1 Å². The van der Waals surface area contributed by atoms with Gasteiger partial charge in [0.25, 0.3) is 0 Å². The van der Waals surface area contributed by atoms with Crippen molar-refractivity contribution in [2.24, 2.45) is 4.99 Å². The van der Waals surface area contributed by atoms with E-state index in [0.29, 0.717) is 0 Å². The van der Waals surface area contributed by atoms with Crippen molar-refractivity contribution in [2.75, 3.05) is 0 Å². The number of hydrogen-bond acceptors (Lipinski definition) is 1. The van der Waals surface area contributed by atoms with Gasteiger partial charge in [-0.05, 0) is 5.70 Å². The Balaban J connectivity index is 0.000000271. The molecule has 0 bridgehead atoms. The number of allylic oxidation sites excluding steroid dienone is 7. The van der Waals surface area contributed by atoms with Crippen LogP contribution in [0.4, 0.5) is 0 Å².